The van der Waals surface area contributed by atoms with Crippen LogP contribution >= 0.6 is 0 Å². The molecule has 0 radical (unpaired) electrons. The molecule has 24 heavy (non-hydrogen) atoms. The summed E-state index contributed by atoms with van der Waals surface area (Å²) in [4.78, 5) is 30.6. The number of rotatable bonds is 5. The van der Waals surface area contributed by atoms with E-state index in [2.05, 4.69) is 19.9 Å². The number of nitrogens with one attached hydrogen (secondary N) is 1. The molecule has 0 aliphatic carbocycles. The first-order valence-electron chi connectivity index (χ1n) is 8.29. The molecule has 2 aromatic heterocycles. The zero-order valence-corrected chi connectivity index (χ0v) is 14.2. The summed E-state index contributed by atoms with van der Waals surface area (Å²) < 4.78 is 5.01. The third kappa shape index (κ3) is 3.79. The van der Waals surface area contributed by atoms with E-state index in [9.17, 15) is 4.79 Å². The quantitative estimate of drug-likeness (QED) is 0.906. The van der Waals surface area contributed by atoms with Gasteiger partial charge in [0.15, 0.2) is 5.82 Å². The molecule has 0 spiro atoms. The van der Waals surface area contributed by atoms with Crippen LogP contribution in [0.3, 0.4) is 0 Å². The Bertz CT molecular complexity index is 686. The van der Waals surface area contributed by atoms with Gasteiger partial charge in [-0.2, -0.15) is 0 Å². The molecule has 0 saturated carbocycles. The van der Waals surface area contributed by atoms with Gasteiger partial charge < -0.3 is 14.6 Å². The average Bonchev–Trinajstić information content (AvgIpc) is 3.14. The second kappa shape index (κ2) is 7.53. The first-order chi connectivity index (χ1) is 11.7. The molecule has 1 aliphatic heterocycles. The molecule has 0 unspecified atom stereocenters. The maximum Gasteiger partial charge on any atom is 0.224 e. The normalized spacial score (nSPS) is 17.9. The molecule has 3 heterocycles. The van der Waals surface area contributed by atoms with Gasteiger partial charge in [0.1, 0.15) is 11.5 Å². The smallest absolute Gasteiger partial charge is 0.224 e. The van der Waals surface area contributed by atoms with Gasteiger partial charge in [-0.05, 0) is 25.8 Å². The van der Waals surface area contributed by atoms with Gasteiger partial charge >= 0.3 is 0 Å². The van der Waals surface area contributed by atoms with Crippen molar-refractivity contribution in [3.63, 3.8) is 0 Å². The van der Waals surface area contributed by atoms with Gasteiger partial charge in [-0.25, -0.2) is 15.0 Å². The van der Waals surface area contributed by atoms with Crippen molar-refractivity contribution in [3.8, 4) is 11.5 Å². The SMILES string of the molecule is COCCC(=O)N1CCC[C@@H](c2cc(-c3ncc[nH]3)nc(C)n2)C1. The Labute approximate surface area is 141 Å². The Morgan fingerprint density at radius 1 is 1.46 bits per heavy atom. The molecule has 3 rings (SSSR count). The van der Waals surface area contributed by atoms with Crippen molar-refractivity contribution in [2.75, 3.05) is 26.8 Å². The number of nitrogens with zero attached hydrogens (tertiary/aromatic N) is 4. The van der Waals surface area contributed by atoms with Crippen LogP contribution in [0, 0.1) is 6.92 Å². The summed E-state index contributed by atoms with van der Waals surface area (Å²) in [6, 6.07) is 1.99. The van der Waals surface area contributed by atoms with Gasteiger partial charge in [0.2, 0.25) is 5.91 Å². The zero-order valence-electron chi connectivity index (χ0n) is 14.2. The fraction of sp³-hybridized carbons (Fsp3) is 0.529. The monoisotopic (exact) mass is 329 g/mol. The second-order valence-corrected chi connectivity index (χ2v) is 6.08. The minimum atomic E-state index is 0.151. The Balaban J connectivity index is 1.77. The van der Waals surface area contributed by atoms with Gasteiger partial charge in [-0.1, -0.05) is 0 Å². The molecular formula is C17H23N5O2. The lowest BCUT2D eigenvalue weighted by molar-refractivity contribution is -0.133. The highest BCUT2D eigenvalue weighted by Crippen LogP contribution is 2.27. The molecule has 1 N–H and O–H groups in total. The van der Waals surface area contributed by atoms with Crippen LogP contribution in [0.4, 0.5) is 0 Å². The number of ether oxygens (including phenoxy) is 1. The van der Waals surface area contributed by atoms with Crippen LogP contribution < -0.4 is 0 Å². The molecule has 2 aromatic rings. The molecule has 1 fully saturated rings. The molecule has 7 heteroatoms. The number of likely N-dealkylation sites (tertiary alicyclic amines) is 1. The highest BCUT2D eigenvalue weighted by molar-refractivity contribution is 5.76. The van der Waals surface area contributed by atoms with Gasteiger partial charge in [-0.3, -0.25) is 4.79 Å². The van der Waals surface area contributed by atoms with Crippen molar-refractivity contribution in [3.05, 3.63) is 30.0 Å². The van der Waals surface area contributed by atoms with E-state index in [1.807, 2.05) is 17.9 Å². The highest BCUT2D eigenvalue weighted by Gasteiger charge is 2.26. The van der Waals surface area contributed by atoms with E-state index in [-0.39, 0.29) is 11.8 Å². The summed E-state index contributed by atoms with van der Waals surface area (Å²) in [5, 5.41) is 0. The molecule has 1 aliphatic rings. The van der Waals surface area contributed by atoms with E-state index < -0.39 is 0 Å². The summed E-state index contributed by atoms with van der Waals surface area (Å²) in [6.45, 7) is 3.88. The fourth-order valence-corrected chi connectivity index (χ4v) is 3.12. The molecule has 7 nitrogen and oxygen atoms in total. The number of amides is 1. The maximum atomic E-state index is 12.3. The van der Waals surface area contributed by atoms with E-state index in [1.54, 1.807) is 19.5 Å². The number of methoxy groups -OCH3 is 1. The number of carbonyl (C=O) groups excluding carboxylic acids is 1. The van der Waals surface area contributed by atoms with Crippen LogP contribution in [-0.4, -0.2) is 57.5 Å². The van der Waals surface area contributed by atoms with Crippen molar-refractivity contribution in [1.29, 1.82) is 0 Å². The van der Waals surface area contributed by atoms with Crippen LogP contribution in [0.15, 0.2) is 18.5 Å². The predicted molar refractivity (Wildman–Crippen MR) is 89.4 cm³/mol. The summed E-state index contributed by atoms with van der Waals surface area (Å²) in [6.07, 6.45) is 5.95. The minimum Gasteiger partial charge on any atom is -0.384 e. The van der Waals surface area contributed by atoms with E-state index in [4.69, 9.17) is 4.74 Å². The Kier molecular flexibility index (Phi) is 5.20. The summed E-state index contributed by atoms with van der Waals surface area (Å²) in [5.41, 5.74) is 1.78. The first kappa shape index (κ1) is 16.6. The third-order valence-electron chi connectivity index (χ3n) is 4.31. The minimum absolute atomic E-state index is 0.151. The van der Waals surface area contributed by atoms with Crippen LogP contribution in [-0.2, 0) is 9.53 Å². The number of hydrogen-bond acceptors (Lipinski definition) is 5. The van der Waals surface area contributed by atoms with Crippen molar-refractivity contribution in [2.24, 2.45) is 0 Å². The second-order valence-electron chi connectivity index (χ2n) is 6.08. The third-order valence-corrected chi connectivity index (χ3v) is 4.31. The Morgan fingerprint density at radius 3 is 3.08 bits per heavy atom. The topological polar surface area (TPSA) is 84.0 Å². The molecule has 0 bridgehead atoms. The van der Waals surface area contributed by atoms with Gasteiger partial charge in [0.25, 0.3) is 0 Å². The van der Waals surface area contributed by atoms with Gasteiger partial charge in [-0.15, -0.1) is 0 Å². The van der Waals surface area contributed by atoms with E-state index in [0.717, 1.165) is 42.4 Å². The summed E-state index contributed by atoms with van der Waals surface area (Å²) in [5.74, 6) is 1.85. The van der Waals surface area contributed by atoms with E-state index >= 15 is 0 Å². The number of imidazole rings is 1. The van der Waals surface area contributed by atoms with Gasteiger partial charge in [0.05, 0.1) is 13.0 Å². The molecule has 1 saturated heterocycles. The lowest BCUT2D eigenvalue weighted by Crippen LogP contribution is -2.39. The number of carbonyl (C=O) groups is 1. The Hall–Kier alpha value is -2.28. The van der Waals surface area contributed by atoms with Crippen LogP contribution in [0.1, 0.15) is 36.7 Å². The van der Waals surface area contributed by atoms with Crippen LogP contribution in [0.5, 0.6) is 0 Å². The number of aromatic amines is 1. The largest absolute Gasteiger partial charge is 0.384 e. The number of hydrogen-bond donors (Lipinski definition) is 1. The number of aromatic nitrogens is 4. The Morgan fingerprint density at radius 2 is 2.33 bits per heavy atom. The van der Waals surface area contributed by atoms with Crippen molar-refractivity contribution in [2.45, 2.75) is 32.1 Å². The van der Waals surface area contributed by atoms with E-state index in [0.29, 0.717) is 19.6 Å². The fourth-order valence-electron chi connectivity index (χ4n) is 3.12. The first-order valence-corrected chi connectivity index (χ1v) is 8.29. The lowest BCUT2D eigenvalue weighted by atomic mass is 9.93. The van der Waals surface area contributed by atoms with Gasteiger partial charge in [0, 0.05) is 44.2 Å². The molecule has 128 valence electrons. The number of aryl methyl sites for hydroxylation is 1. The van der Waals surface area contributed by atoms with Crippen molar-refractivity contribution in [1.82, 2.24) is 24.8 Å². The molecular weight excluding hydrogens is 306 g/mol. The van der Waals surface area contributed by atoms with E-state index in [1.165, 1.54) is 0 Å². The average molecular weight is 329 g/mol. The number of piperidine rings is 1. The van der Waals surface area contributed by atoms with Crippen LogP contribution in [0.25, 0.3) is 11.5 Å². The van der Waals surface area contributed by atoms with Crippen molar-refractivity contribution < 1.29 is 9.53 Å². The van der Waals surface area contributed by atoms with Crippen LogP contribution in [0.2, 0.25) is 0 Å². The standard InChI is InChI=1S/C17H23N5O2/c1-12-20-14(10-15(21-12)17-18-6-7-19-17)13-4-3-8-22(11-13)16(23)5-9-24-2/h6-7,10,13H,3-5,8-9,11H2,1-2H3,(H,18,19)/t13-/m1/s1. The summed E-state index contributed by atoms with van der Waals surface area (Å²) >= 11 is 0. The lowest BCUT2D eigenvalue weighted by Gasteiger charge is -2.32. The molecule has 1 atom stereocenters. The molecule has 0 aromatic carbocycles. The van der Waals surface area contributed by atoms with Crippen molar-refractivity contribution >= 4 is 5.91 Å². The summed E-state index contributed by atoms with van der Waals surface area (Å²) in [7, 11) is 1.62. The number of H-pyrrole nitrogens is 1. The molecule has 1 amide bonds. The zero-order chi connectivity index (χ0) is 16.9. The predicted octanol–water partition coefficient (Wildman–Crippen LogP) is 1.92. The highest BCUT2D eigenvalue weighted by atomic mass is 16.5. The maximum absolute atomic E-state index is 12.3.